The summed E-state index contributed by atoms with van der Waals surface area (Å²) in [4.78, 5) is 14.0. The maximum atomic E-state index is 11.7. The molecule has 1 aliphatic heterocycles. The molecular formula is C15H21ClN2O2. The number of halogens is 1. The lowest BCUT2D eigenvalue weighted by atomic mass is 9.87. The van der Waals surface area contributed by atoms with Gasteiger partial charge in [0, 0.05) is 13.1 Å². The molecule has 1 aliphatic rings. The topological polar surface area (TPSA) is 52.6 Å². The second-order valence-corrected chi connectivity index (χ2v) is 5.74. The minimum absolute atomic E-state index is 0.559. The summed E-state index contributed by atoms with van der Waals surface area (Å²) in [6.07, 6.45) is 2.28. The fourth-order valence-corrected chi connectivity index (χ4v) is 2.87. The number of nitrogens with zero attached hydrogens (tertiary/aromatic N) is 1. The van der Waals surface area contributed by atoms with E-state index in [1.165, 1.54) is 0 Å². The van der Waals surface area contributed by atoms with Crippen molar-refractivity contribution in [2.75, 3.05) is 25.0 Å². The van der Waals surface area contributed by atoms with Crippen LogP contribution in [0.3, 0.4) is 0 Å². The van der Waals surface area contributed by atoms with Crippen LogP contribution in [0, 0.1) is 0 Å². The van der Waals surface area contributed by atoms with Gasteiger partial charge in [0.25, 0.3) is 0 Å². The van der Waals surface area contributed by atoms with Crippen LogP contribution in [0.1, 0.15) is 26.2 Å². The Labute approximate surface area is 124 Å². The Balaban J connectivity index is 2.12. The molecule has 1 fully saturated rings. The van der Waals surface area contributed by atoms with Gasteiger partial charge >= 0.3 is 5.97 Å². The zero-order chi connectivity index (χ0) is 14.6. The molecule has 0 aromatic heterocycles. The third-order valence-corrected chi connectivity index (χ3v) is 4.24. The van der Waals surface area contributed by atoms with Crippen molar-refractivity contribution in [2.45, 2.75) is 31.7 Å². The molecule has 1 saturated heterocycles. The van der Waals surface area contributed by atoms with Crippen molar-refractivity contribution in [1.29, 1.82) is 0 Å². The van der Waals surface area contributed by atoms with E-state index in [9.17, 15) is 9.90 Å². The van der Waals surface area contributed by atoms with Crippen LogP contribution >= 0.6 is 11.6 Å². The molecule has 2 N–H and O–H groups in total. The van der Waals surface area contributed by atoms with Gasteiger partial charge in [0.2, 0.25) is 0 Å². The van der Waals surface area contributed by atoms with Crippen LogP contribution in [0.5, 0.6) is 0 Å². The lowest BCUT2D eigenvalue weighted by Gasteiger charge is -2.40. The van der Waals surface area contributed by atoms with Gasteiger partial charge in [-0.05, 0) is 37.9 Å². The Morgan fingerprint density at radius 3 is 2.60 bits per heavy atom. The van der Waals surface area contributed by atoms with E-state index in [0.717, 1.165) is 26.1 Å². The molecule has 20 heavy (non-hydrogen) atoms. The summed E-state index contributed by atoms with van der Waals surface area (Å²) in [5, 5.41) is 13.4. The maximum Gasteiger partial charge on any atom is 0.329 e. The highest BCUT2D eigenvalue weighted by atomic mass is 35.5. The summed E-state index contributed by atoms with van der Waals surface area (Å²) < 4.78 is 0. The number of para-hydroxylation sites is 1. The predicted molar refractivity (Wildman–Crippen MR) is 81.4 cm³/mol. The molecule has 4 nitrogen and oxygen atoms in total. The van der Waals surface area contributed by atoms with Crippen LogP contribution in [-0.4, -0.2) is 41.1 Å². The fraction of sp³-hybridized carbons (Fsp3) is 0.533. The van der Waals surface area contributed by atoms with E-state index in [1.807, 2.05) is 18.2 Å². The smallest absolute Gasteiger partial charge is 0.329 e. The van der Waals surface area contributed by atoms with Gasteiger partial charge in [0.15, 0.2) is 0 Å². The summed E-state index contributed by atoms with van der Waals surface area (Å²) in [6.45, 7) is 4.78. The lowest BCUT2D eigenvalue weighted by Crippen LogP contribution is -2.54. The molecule has 0 spiro atoms. The van der Waals surface area contributed by atoms with Crippen molar-refractivity contribution in [2.24, 2.45) is 0 Å². The number of carboxylic acids is 1. The second kappa shape index (κ2) is 6.46. The molecule has 0 bridgehead atoms. The number of nitrogens with one attached hydrogen (secondary N) is 1. The Hall–Kier alpha value is -1.26. The highest BCUT2D eigenvalue weighted by Gasteiger charge is 2.41. The average molecular weight is 297 g/mol. The Morgan fingerprint density at radius 1 is 1.40 bits per heavy atom. The largest absolute Gasteiger partial charge is 0.480 e. The first-order valence-electron chi connectivity index (χ1n) is 7.06. The van der Waals surface area contributed by atoms with Crippen LogP contribution in [0.25, 0.3) is 0 Å². The van der Waals surface area contributed by atoms with Crippen molar-refractivity contribution in [3.05, 3.63) is 29.3 Å². The number of hydrogen-bond acceptors (Lipinski definition) is 3. The highest BCUT2D eigenvalue weighted by Crippen LogP contribution is 2.31. The predicted octanol–water partition coefficient (Wildman–Crippen LogP) is 3.08. The Morgan fingerprint density at radius 2 is 2.05 bits per heavy atom. The van der Waals surface area contributed by atoms with Crippen LogP contribution in [0.2, 0.25) is 5.02 Å². The molecule has 5 heteroatoms. The van der Waals surface area contributed by atoms with Gasteiger partial charge in [0.05, 0.1) is 10.7 Å². The van der Waals surface area contributed by atoms with Crippen LogP contribution in [-0.2, 0) is 4.79 Å². The lowest BCUT2D eigenvalue weighted by molar-refractivity contribution is -0.144. The van der Waals surface area contributed by atoms with Gasteiger partial charge < -0.3 is 15.3 Å². The summed E-state index contributed by atoms with van der Waals surface area (Å²) in [6, 6.07) is 7.29. The molecule has 110 valence electrons. The first-order chi connectivity index (χ1) is 9.57. The molecule has 0 saturated carbocycles. The third kappa shape index (κ3) is 3.25. The van der Waals surface area contributed by atoms with Crippen molar-refractivity contribution < 1.29 is 9.90 Å². The molecule has 2 rings (SSSR count). The van der Waals surface area contributed by atoms with Gasteiger partial charge in [-0.25, -0.2) is 4.79 Å². The monoisotopic (exact) mass is 296 g/mol. The second-order valence-electron chi connectivity index (χ2n) is 5.33. The van der Waals surface area contributed by atoms with E-state index in [0.29, 0.717) is 23.6 Å². The van der Waals surface area contributed by atoms with E-state index in [4.69, 9.17) is 11.6 Å². The van der Waals surface area contributed by atoms with Gasteiger partial charge in [0.1, 0.15) is 5.54 Å². The Kier molecular flexibility index (Phi) is 4.89. The standard InChI is InChI=1S/C15H21ClN2O2/c1-2-9-18-10-7-15(8-11-18,14(19)20)17-13-6-4-3-5-12(13)16/h3-6,17H,2,7-11H2,1H3,(H,19,20). The van der Waals surface area contributed by atoms with Crippen LogP contribution in [0.15, 0.2) is 24.3 Å². The number of anilines is 1. The number of aliphatic carboxylic acids is 1. The van der Waals surface area contributed by atoms with E-state index in [1.54, 1.807) is 6.07 Å². The SMILES string of the molecule is CCCN1CCC(Nc2ccccc2Cl)(C(=O)O)CC1. The molecular weight excluding hydrogens is 276 g/mol. The highest BCUT2D eigenvalue weighted by molar-refractivity contribution is 6.33. The summed E-state index contributed by atoms with van der Waals surface area (Å²) in [5.41, 5.74) is -0.213. The fourth-order valence-electron chi connectivity index (χ4n) is 2.69. The minimum atomic E-state index is -0.908. The van der Waals surface area contributed by atoms with Crippen LogP contribution in [0.4, 0.5) is 5.69 Å². The summed E-state index contributed by atoms with van der Waals surface area (Å²) in [7, 11) is 0. The minimum Gasteiger partial charge on any atom is -0.480 e. The van der Waals surface area contributed by atoms with Crippen LogP contribution < -0.4 is 5.32 Å². The van der Waals surface area contributed by atoms with Gasteiger partial charge in [-0.2, -0.15) is 0 Å². The first-order valence-corrected chi connectivity index (χ1v) is 7.43. The molecule has 0 unspecified atom stereocenters. The van der Waals surface area contributed by atoms with E-state index < -0.39 is 11.5 Å². The normalized spacial score (nSPS) is 18.7. The first kappa shape index (κ1) is 15.1. The zero-order valence-electron chi connectivity index (χ0n) is 11.7. The van der Waals surface area contributed by atoms with Gasteiger partial charge in [-0.1, -0.05) is 30.7 Å². The quantitative estimate of drug-likeness (QED) is 0.877. The van der Waals surface area contributed by atoms with E-state index in [2.05, 4.69) is 17.1 Å². The number of carbonyl (C=O) groups is 1. The Bertz CT molecular complexity index is 471. The zero-order valence-corrected chi connectivity index (χ0v) is 12.5. The van der Waals surface area contributed by atoms with Gasteiger partial charge in [-0.3, -0.25) is 0 Å². The molecule has 0 atom stereocenters. The van der Waals surface area contributed by atoms with Crippen molar-refractivity contribution in [3.63, 3.8) is 0 Å². The van der Waals surface area contributed by atoms with Crippen molar-refractivity contribution in [1.82, 2.24) is 4.90 Å². The molecule has 0 amide bonds. The van der Waals surface area contributed by atoms with Crippen molar-refractivity contribution >= 4 is 23.3 Å². The van der Waals surface area contributed by atoms with E-state index in [-0.39, 0.29) is 0 Å². The number of hydrogen-bond donors (Lipinski definition) is 2. The molecule has 1 heterocycles. The van der Waals surface area contributed by atoms with Gasteiger partial charge in [-0.15, -0.1) is 0 Å². The maximum absolute atomic E-state index is 11.7. The number of carboxylic acid groups (broad SMARTS) is 1. The molecule has 1 aromatic rings. The summed E-state index contributed by atoms with van der Waals surface area (Å²) in [5.74, 6) is -0.798. The molecule has 0 aliphatic carbocycles. The molecule has 0 radical (unpaired) electrons. The summed E-state index contributed by atoms with van der Waals surface area (Å²) >= 11 is 6.12. The number of likely N-dealkylation sites (tertiary alicyclic amines) is 1. The number of piperidine rings is 1. The average Bonchev–Trinajstić information content (AvgIpc) is 2.44. The molecule has 1 aromatic carbocycles. The number of rotatable bonds is 5. The third-order valence-electron chi connectivity index (χ3n) is 3.91. The van der Waals surface area contributed by atoms with E-state index >= 15 is 0 Å². The number of benzene rings is 1. The van der Waals surface area contributed by atoms with Crippen molar-refractivity contribution in [3.8, 4) is 0 Å².